The quantitative estimate of drug-likeness (QED) is 0.672. The molecule has 0 saturated heterocycles. The molecule has 0 heterocycles. The van der Waals surface area contributed by atoms with Gasteiger partial charge in [-0.05, 0) is 39.0 Å². The standard InChI is InChI=1S/C10H11BrCl2/c1-6(2)9-7(5-12)3-4-8(11)10(9)13/h3-4,6H,5H2,1-2H3. The topological polar surface area (TPSA) is 0 Å². The Balaban J connectivity index is 3.32. The molecular weight excluding hydrogens is 271 g/mol. The van der Waals surface area contributed by atoms with Crippen molar-refractivity contribution in [3.8, 4) is 0 Å². The molecule has 0 atom stereocenters. The van der Waals surface area contributed by atoms with E-state index in [-0.39, 0.29) is 0 Å². The van der Waals surface area contributed by atoms with Crippen molar-refractivity contribution in [2.45, 2.75) is 25.6 Å². The van der Waals surface area contributed by atoms with Gasteiger partial charge in [-0.15, -0.1) is 11.6 Å². The minimum absolute atomic E-state index is 0.402. The molecule has 0 aliphatic heterocycles. The molecule has 0 amide bonds. The molecule has 1 aromatic rings. The van der Waals surface area contributed by atoms with Crippen molar-refractivity contribution in [3.05, 3.63) is 32.8 Å². The molecule has 0 radical (unpaired) electrons. The first-order chi connectivity index (χ1) is 6.07. The Hall–Kier alpha value is 0.280. The van der Waals surface area contributed by atoms with Crippen LogP contribution in [0, 0.1) is 0 Å². The SMILES string of the molecule is CC(C)c1c(CCl)ccc(Br)c1Cl. The van der Waals surface area contributed by atoms with Crippen LogP contribution in [0.1, 0.15) is 30.9 Å². The van der Waals surface area contributed by atoms with Crippen molar-refractivity contribution in [1.29, 1.82) is 0 Å². The van der Waals surface area contributed by atoms with Crippen LogP contribution < -0.4 is 0 Å². The average molecular weight is 282 g/mol. The van der Waals surface area contributed by atoms with Gasteiger partial charge >= 0.3 is 0 Å². The van der Waals surface area contributed by atoms with Gasteiger partial charge in [-0.25, -0.2) is 0 Å². The van der Waals surface area contributed by atoms with E-state index in [1.807, 2.05) is 12.1 Å². The second-order valence-electron chi connectivity index (χ2n) is 3.22. The highest BCUT2D eigenvalue weighted by atomic mass is 79.9. The van der Waals surface area contributed by atoms with E-state index in [0.29, 0.717) is 11.8 Å². The minimum Gasteiger partial charge on any atom is -0.122 e. The lowest BCUT2D eigenvalue weighted by molar-refractivity contribution is 0.853. The molecule has 0 N–H and O–H groups in total. The molecule has 0 unspecified atom stereocenters. The minimum atomic E-state index is 0.402. The summed E-state index contributed by atoms with van der Waals surface area (Å²) >= 11 is 15.4. The van der Waals surface area contributed by atoms with Crippen molar-refractivity contribution in [1.82, 2.24) is 0 Å². The van der Waals surface area contributed by atoms with Crippen molar-refractivity contribution in [3.63, 3.8) is 0 Å². The maximum Gasteiger partial charge on any atom is 0.0585 e. The molecule has 3 heteroatoms. The summed E-state index contributed by atoms with van der Waals surface area (Å²) in [5.74, 6) is 0.916. The Kier molecular flexibility index (Phi) is 4.08. The van der Waals surface area contributed by atoms with E-state index < -0.39 is 0 Å². The fourth-order valence-electron chi connectivity index (χ4n) is 1.35. The summed E-state index contributed by atoms with van der Waals surface area (Å²) < 4.78 is 0.937. The molecule has 72 valence electrons. The van der Waals surface area contributed by atoms with Gasteiger partial charge in [-0.1, -0.05) is 31.5 Å². The Labute approximate surface area is 97.4 Å². The third-order valence-electron chi connectivity index (χ3n) is 1.94. The first kappa shape index (κ1) is 11.4. The molecule has 0 spiro atoms. The fraction of sp³-hybridized carbons (Fsp3) is 0.400. The first-order valence-corrected chi connectivity index (χ1v) is 5.81. The molecule has 0 aliphatic carbocycles. The lowest BCUT2D eigenvalue weighted by Gasteiger charge is -2.13. The number of hydrogen-bond acceptors (Lipinski definition) is 0. The number of rotatable bonds is 2. The zero-order valence-corrected chi connectivity index (χ0v) is 10.7. The predicted molar refractivity (Wildman–Crippen MR) is 62.8 cm³/mol. The first-order valence-electron chi connectivity index (χ1n) is 4.10. The predicted octanol–water partition coefficient (Wildman–Crippen LogP) is 4.96. The zero-order valence-electron chi connectivity index (χ0n) is 7.57. The zero-order chi connectivity index (χ0) is 10.0. The highest BCUT2D eigenvalue weighted by molar-refractivity contribution is 9.10. The number of alkyl halides is 1. The van der Waals surface area contributed by atoms with Crippen LogP contribution in [0.25, 0.3) is 0 Å². The van der Waals surface area contributed by atoms with Gasteiger partial charge < -0.3 is 0 Å². The maximum absolute atomic E-state index is 6.17. The smallest absolute Gasteiger partial charge is 0.0585 e. The molecule has 13 heavy (non-hydrogen) atoms. The summed E-state index contributed by atoms with van der Waals surface area (Å²) in [6.07, 6.45) is 0. The average Bonchev–Trinajstić information content (AvgIpc) is 2.08. The molecule has 0 nitrogen and oxygen atoms in total. The second-order valence-corrected chi connectivity index (χ2v) is 4.72. The van der Waals surface area contributed by atoms with Crippen LogP contribution in [0.2, 0.25) is 5.02 Å². The normalized spacial score (nSPS) is 10.9. The van der Waals surface area contributed by atoms with E-state index in [4.69, 9.17) is 23.2 Å². The summed E-state index contributed by atoms with van der Waals surface area (Å²) in [6, 6.07) is 3.95. The van der Waals surface area contributed by atoms with Crippen molar-refractivity contribution in [2.24, 2.45) is 0 Å². The van der Waals surface area contributed by atoms with Gasteiger partial charge in [-0.3, -0.25) is 0 Å². The van der Waals surface area contributed by atoms with E-state index in [9.17, 15) is 0 Å². The molecule has 0 fully saturated rings. The third-order valence-corrected chi connectivity index (χ3v) is 3.53. The third kappa shape index (κ3) is 2.39. The number of benzene rings is 1. The summed E-state index contributed by atoms with van der Waals surface area (Å²) in [4.78, 5) is 0. The van der Waals surface area contributed by atoms with Gasteiger partial charge in [0.05, 0.1) is 5.02 Å². The number of halogens is 3. The number of hydrogen-bond donors (Lipinski definition) is 0. The van der Waals surface area contributed by atoms with Gasteiger partial charge in [-0.2, -0.15) is 0 Å². The van der Waals surface area contributed by atoms with E-state index >= 15 is 0 Å². The molecule has 1 rings (SSSR count). The van der Waals surface area contributed by atoms with Gasteiger partial charge in [0.15, 0.2) is 0 Å². The highest BCUT2D eigenvalue weighted by Gasteiger charge is 2.12. The summed E-state index contributed by atoms with van der Waals surface area (Å²) in [6.45, 7) is 4.23. The van der Waals surface area contributed by atoms with Gasteiger partial charge in [0.1, 0.15) is 0 Å². The van der Waals surface area contributed by atoms with E-state index in [2.05, 4.69) is 29.8 Å². The molecule has 0 aromatic heterocycles. The molecule has 0 aliphatic rings. The largest absolute Gasteiger partial charge is 0.122 e. The fourth-order valence-corrected chi connectivity index (χ4v) is 2.33. The van der Waals surface area contributed by atoms with Crippen LogP contribution in [0.15, 0.2) is 16.6 Å². The van der Waals surface area contributed by atoms with Crippen LogP contribution in [0.5, 0.6) is 0 Å². The Bertz CT molecular complexity index is 308. The van der Waals surface area contributed by atoms with E-state index in [1.165, 1.54) is 0 Å². The van der Waals surface area contributed by atoms with Gasteiger partial charge in [0.25, 0.3) is 0 Å². The monoisotopic (exact) mass is 280 g/mol. The summed E-state index contributed by atoms with van der Waals surface area (Å²) in [7, 11) is 0. The van der Waals surface area contributed by atoms with Crippen LogP contribution in [-0.2, 0) is 5.88 Å². The Morgan fingerprint density at radius 1 is 1.38 bits per heavy atom. The van der Waals surface area contributed by atoms with E-state index in [0.717, 1.165) is 20.6 Å². The summed E-state index contributed by atoms with van der Waals surface area (Å²) in [5, 5.41) is 0.785. The van der Waals surface area contributed by atoms with Crippen LogP contribution in [0.3, 0.4) is 0 Å². The van der Waals surface area contributed by atoms with Crippen LogP contribution in [0.4, 0.5) is 0 Å². The highest BCUT2D eigenvalue weighted by Crippen LogP contribution is 2.34. The van der Waals surface area contributed by atoms with E-state index in [1.54, 1.807) is 0 Å². The molecular formula is C10H11BrCl2. The van der Waals surface area contributed by atoms with Gasteiger partial charge in [0, 0.05) is 10.4 Å². The Morgan fingerprint density at radius 3 is 2.46 bits per heavy atom. The Morgan fingerprint density at radius 2 is 2.00 bits per heavy atom. The lowest BCUT2D eigenvalue weighted by atomic mass is 9.98. The van der Waals surface area contributed by atoms with Crippen LogP contribution in [-0.4, -0.2) is 0 Å². The van der Waals surface area contributed by atoms with Crippen molar-refractivity contribution in [2.75, 3.05) is 0 Å². The molecule has 1 aromatic carbocycles. The molecule has 0 bridgehead atoms. The van der Waals surface area contributed by atoms with Gasteiger partial charge in [0.2, 0.25) is 0 Å². The lowest BCUT2D eigenvalue weighted by Crippen LogP contribution is -1.96. The molecule has 0 saturated carbocycles. The summed E-state index contributed by atoms with van der Waals surface area (Å²) in [5.41, 5.74) is 2.26. The van der Waals surface area contributed by atoms with Crippen LogP contribution >= 0.6 is 39.1 Å². The maximum atomic E-state index is 6.17. The van der Waals surface area contributed by atoms with Crippen molar-refractivity contribution < 1.29 is 0 Å². The van der Waals surface area contributed by atoms with Crippen molar-refractivity contribution >= 4 is 39.1 Å². The second kappa shape index (κ2) is 4.68.